The Morgan fingerprint density at radius 2 is 1.62 bits per heavy atom. The minimum Gasteiger partial charge on any atom is -0.380 e. The van der Waals surface area contributed by atoms with Crippen LogP contribution in [-0.4, -0.2) is 12.5 Å². The van der Waals surface area contributed by atoms with Crippen molar-refractivity contribution in [2.75, 3.05) is 11.9 Å². The number of benzene rings is 2. The minimum absolute atomic E-state index is 0.0248. The molecule has 0 aromatic heterocycles. The second kappa shape index (κ2) is 8.53. The highest BCUT2D eigenvalue weighted by molar-refractivity contribution is 5.99. The summed E-state index contributed by atoms with van der Waals surface area (Å²) in [6.07, 6.45) is 6.44. The normalized spacial score (nSPS) is 15.0. The molecule has 3 heteroatoms. The molecular weight excluding hydrogens is 296 g/mol. The molecule has 0 bridgehead atoms. The van der Waals surface area contributed by atoms with Crippen molar-refractivity contribution >= 4 is 11.6 Å². The van der Waals surface area contributed by atoms with Crippen LogP contribution in [0.25, 0.3) is 0 Å². The van der Waals surface area contributed by atoms with Gasteiger partial charge in [-0.25, -0.2) is 0 Å². The third kappa shape index (κ3) is 4.60. The maximum Gasteiger partial charge on any atom is 0.253 e. The Morgan fingerprint density at radius 1 is 0.917 bits per heavy atom. The van der Waals surface area contributed by atoms with E-state index in [1.54, 1.807) is 0 Å². The van der Waals surface area contributed by atoms with Gasteiger partial charge in [-0.2, -0.15) is 0 Å². The van der Waals surface area contributed by atoms with E-state index in [0.29, 0.717) is 12.5 Å². The van der Waals surface area contributed by atoms with Gasteiger partial charge >= 0.3 is 0 Å². The van der Waals surface area contributed by atoms with Gasteiger partial charge in [0.2, 0.25) is 0 Å². The highest BCUT2D eigenvalue weighted by Gasteiger charge is 2.16. The Morgan fingerprint density at radius 3 is 2.42 bits per heavy atom. The zero-order chi connectivity index (χ0) is 16.6. The van der Waals surface area contributed by atoms with Crippen LogP contribution in [0.2, 0.25) is 0 Å². The van der Waals surface area contributed by atoms with Crippen molar-refractivity contribution in [1.29, 1.82) is 0 Å². The van der Waals surface area contributed by atoms with E-state index < -0.39 is 0 Å². The van der Waals surface area contributed by atoms with Crippen molar-refractivity contribution in [1.82, 2.24) is 5.32 Å². The van der Waals surface area contributed by atoms with Crippen LogP contribution >= 0.6 is 0 Å². The molecule has 1 amide bonds. The Bertz CT molecular complexity index is 648. The van der Waals surface area contributed by atoms with Gasteiger partial charge in [-0.3, -0.25) is 4.79 Å². The highest BCUT2D eigenvalue weighted by atomic mass is 16.1. The first-order valence-electron chi connectivity index (χ1n) is 8.98. The molecule has 2 aromatic carbocycles. The molecular formula is C21H26N2O. The summed E-state index contributed by atoms with van der Waals surface area (Å²) in [4.78, 5) is 12.6. The summed E-state index contributed by atoms with van der Waals surface area (Å²) in [7, 11) is 0. The predicted molar refractivity (Wildman–Crippen MR) is 99.1 cm³/mol. The number of nitrogens with one attached hydrogen (secondary N) is 2. The van der Waals surface area contributed by atoms with E-state index in [2.05, 4.69) is 22.8 Å². The van der Waals surface area contributed by atoms with E-state index in [9.17, 15) is 4.79 Å². The zero-order valence-corrected chi connectivity index (χ0v) is 14.1. The summed E-state index contributed by atoms with van der Waals surface area (Å²) in [6, 6.07) is 18.0. The van der Waals surface area contributed by atoms with Gasteiger partial charge in [0.1, 0.15) is 0 Å². The van der Waals surface area contributed by atoms with Gasteiger partial charge in [0.05, 0.1) is 5.56 Å². The third-order valence-electron chi connectivity index (χ3n) is 4.77. The molecule has 3 rings (SSSR count). The molecule has 126 valence electrons. The summed E-state index contributed by atoms with van der Waals surface area (Å²) in [6.45, 7) is 1.51. The van der Waals surface area contributed by atoms with E-state index in [1.807, 2.05) is 42.5 Å². The number of carbonyl (C=O) groups is 1. The van der Waals surface area contributed by atoms with Crippen molar-refractivity contribution < 1.29 is 4.79 Å². The molecule has 0 unspecified atom stereocenters. The summed E-state index contributed by atoms with van der Waals surface area (Å²) < 4.78 is 0. The Hall–Kier alpha value is -2.29. The standard InChI is InChI=1S/C21H26N2O/c24-21(23-16-18-11-5-2-6-12-18)19-13-7-8-14-20(19)22-15-17-9-3-1-4-10-17/h1,3-4,7-10,13-14,18,22H,2,5-6,11-12,15-16H2,(H,23,24). The van der Waals surface area contributed by atoms with Crippen LogP contribution in [0, 0.1) is 5.92 Å². The van der Waals surface area contributed by atoms with Gasteiger partial charge in [-0.05, 0) is 36.5 Å². The smallest absolute Gasteiger partial charge is 0.253 e. The van der Waals surface area contributed by atoms with Gasteiger partial charge in [-0.1, -0.05) is 61.7 Å². The number of rotatable bonds is 6. The third-order valence-corrected chi connectivity index (χ3v) is 4.77. The summed E-state index contributed by atoms with van der Waals surface area (Å²) in [5, 5.41) is 6.52. The van der Waals surface area contributed by atoms with Crippen LogP contribution in [0.3, 0.4) is 0 Å². The summed E-state index contributed by atoms with van der Waals surface area (Å²) >= 11 is 0. The number of amides is 1. The summed E-state index contributed by atoms with van der Waals surface area (Å²) in [5.41, 5.74) is 2.82. The molecule has 0 saturated heterocycles. The lowest BCUT2D eigenvalue weighted by molar-refractivity contribution is 0.0944. The Labute approximate surface area is 144 Å². The van der Waals surface area contributed by atoms with Crippen molar-refractivity contribution in [3.8, 4) is 0 Å². The van der Waals surface area contributed by atoms with E-state index in [1.165, 1.54) is 37.7 Å². The molecule has 0 heterocycles. The molecule has 1 fully saturated rings. The fourth-order valence-corrected chi connectivity index (χ4v) is 3.35. The predicted octanol–water partition coefficient (Wildman–Crippen LogP) is 4.61. The zero-order valence-electron chi connectivity index (χ0n) is 14.1. The lowest BCUT2D eigenvalue weighted by atomic mass is 9.89. The van der Waals surface area contributed by atoms with Crippen LogP contribution in [0.1, 0.15) is 48.0 Å². The highest BCUT2D eigenvalue weighted by Crippen LogP contribution is 2.23. The van der Waals surface area contributed by atoms with Crippen molar-refractivity contribution in [3.63, 3.8) is 0 Å². The van der Waals surface area contributed by atoms with E-state index in [-0.39, 0.29) is 5.91 Å². The first kappa shape index (κ1) is 16.6. The molecule has 1 aliphatic carbocycles. The summed E-state index contributed by atoms with van der Waals surface area (Å²) in [5.74, 6) is 0.670. The van der Waals surface area contributed by atoms with Gasteiger partial charge in [0.25, 0.3) is 5.91 Å². The second-order valence-corrected chi connectivity index (χ2v) is 6.60. The van der Waals surface area contributed by atoms with Crippen molar-refractivity contribution in [2.45, 2.75) is 38.6 Å². The van der Waals surface area contributed by atoms with E-state index in [0.717, 1.165) is 17.8 Å². The molecule has 0 spiro atoms. The van der Waals surface area contributed by atoms with Gasteiger partial charge in [0, 0.05) is 18.8 Å². The molecule has 1 saturated carbocycles. The fraction of sp³-hybridized carbons (Fsp3) is 0.381. The maximum atomic E-state index is 12.6. The quantitative estimate of drug-likeness (QED) is 0.815. The number of para-hydroxylation sites is 1. The van der Waals surface area contributed by atoms with Crippen molar-refractivity contribution in [2.24, 2.45) is 5.92 Å². The van der Waals surface area contributed by atoms with Crippen LogP contribution in [0.15, 0.2) is 54.6 Å². The number of carbonyl (C=O) groups excluding carboxylic acids is 1. The molecule has 2 aromatic rings. The largest absolute Gasteiger partial charge is 0.380 e. The number of anilines is 1. The monoisotopic (exact) mass is 322 g/mol. The van der Waals surface area contributed by atoms with Gasteiger partial charge in [-0.15, -0.1) is 0 Å². The van der Waals surface area contributed by atoms with Crippen molar-refractivity contribution in [3.05, 3.63) is 65.7 Å². The average Bonchev–Trinajstić information content (AvgIpc) is 2.66. The maximum absolute atomic E-state index is 12.6. The molecule has 0 aliphatic heterocycles. The Kier molecular flexibility index (Phi) is 5.89. The SMILES string of the molecule is O=C(NCC1CCCCC1)c1ccccc1NCc1ccccc1. The lowest BCUT2D eigenvalue weighted by Crippen LogP contribution is -2.30. The van der Waals surface area contributed by atoms with Gasteiger partial charge in [0.15, 0.2) is 0 Å². The first-order chi connectivity index (χ1) is 11.8. The minimum atomic E-state index is 0.0248. The van der Waals surface area contributed by atoms with Crippen LogP contribution in [0.4, 0.5) is 5.69 Å². The molecule has 2 N–H and O–H groups in total. The van der Waals surface area contributed by atoms with Gasteiger partial charge < -0.3 is 10.6 Å². The first-order valence-corrected chi connectivity index (χ1v) is 8.98. The second-order valence-electron chi connectivity index (χ2n) is 6.60. The Balaban J connectivity index is 1.59. The van der Waals surface area contributed by atoms with E-state index in [4.69, 9.17) is 0 Å². The van der Waals surface area contributed by atoms with E-state index >= 15 is 0 Å². The van der Waals surface area contributed by atoms with Crippen LogP contribution < -0.4 is 10.6 Å². The molecule has 3 nitrogen and oxygen atoms in total. The molecule has 1 aliphatic rings. The average molecular weight is 322 g/mol. The number of hydrogen-bond donors (Lipinski definition) is 2. The fourth-order valence-electron chi connectivity index (χ4n) is 3.35. The topological polar surface area (TPSA) is 41.1 Å². The van der Waals surface area contributed by atoms with Crippen LogP contribution in [-0.2, 0) is 6.54 Å². The van der Waals surface area contributed by atoms with Crippen LogP contribution in [0.5, 0.6) is 0 Å². The molecule has 0 radical (unpaired) electrons. The lowest BCUT2D eigenvalue weighted by Gasteiger charge is -2.22. The molecule has 24 heavy (non-hydrogen) atoms. The number of hydrogen-bond acceptors (Lipinski definition) is 2. The molecule has 0 atom stereocenters.